The van der Waals surface area contributed by atoms with Crippen LogP contribution in [0.5, 0.6) is 0 Å². The summed E-state index contributed by atoms with van der Waals surface area (Å²) >= 11 is 1.60. The molecule has 1 aromatic carbocycles. The van der Waals surface area contributed by atoms with Crippen LogP contribution in [0.4, 0.5) is 10.3 Å². The van der Waals surface area contributed by atoms with E-state index in [4.69, 9.17) is 5.73 Å². The van der Waals surface area contributed by atoms with Crippen molar-refractivity contribution in [1.82, 2.24) is 14.5 Å². The van der Waals surface area contributed by atoms with Gasteiger partial charge in [-0.05, 0) is 25.5 Å². The lowest BCUT2D eigenvalue weighted by Gasteiger charge is -2.04. The number of hydrogen-bond acceptors (Lipinski definition) is 4. The zero-order valence-electron chi connectivity index (χ0n) is 10.6. The molecule has 0 aliphatic carbocycles. The van der Waals surface area contributed by atoms with Crippen LogP contribution in [-0.2, 0) is 6.54 Å². The SMILES string of the molecule is Cc1nc(Cn2c(N)nc3cc(F)c(C)cc32)cs1. The number of aromatic nitrogens is 3. The normalized spacial score (nSPS) is 11.3. The fourth-order valence-corrected chi connectivity index (χ4v) is 2.68. The van der Waals surface area contributed by atoms with Crippen molar-refractivity contribution < 1.29 is 4.39 Å². The number of anilines is 1. The highest BCUT2D eigenvalue weighted by Gasteiger charge is 2.12. The van der Waals surface area contributed by atoms with E-state index in [0.29, 0.717) is 23.6 Å². The molecule has 0 radical (unpaired) electrons. The Morgan fingerprint density at radius 3 is 2.79 bits per heavy atom. The Labute approximate surface area is 113 Å². The van der Waals surface area contributed by atoms with E-state index in [9.17, 15) is 4.39 Å². The van der Waals surface area contributed by atoms with Crippen molar-refractivity contribution in [1.29, 1.82) is 0 Å². The fraction of sp³-hybridized carbons (Fsp3) is 0.231. The number of fused-ring (bicyclic) bond motifs is 1. The monoisotopic (exact) mass is 276 g/mol. The minimum absolute atomic E-state index is 0.262. The van der Waals surface area contributed by atoms with Gasteiger partial charge in [-0.25, -0.2) is 14.4 Å². The van der Waals surface area contributed by atoms with E-state index in [1.165, 1.54) is 6.07 Å². The zero-order valence-corrected chi connectivity index (χ0v) is 11.5. The second-order valence-electron chi connectivity index (χ2n) is 4.50. The standard InChI is InChI=1S/C13H13FN4S/c1-7-3-12-11(4-10(7)14)17-13(15)18(12)5-9-6-19-8(2)16-9/h3-4,6H,5H2,1-2H3,(H2,15,17). The van der Waals surface area contributed by atoms with Crippen LogP contribution < -0.4 is 5.73 Å². The van der Waals surface area contributed by atoms with Gasteiger partial charge in [0, 0.05) is 11.4 Å². The molecule has 0 unspecified atom stereocenters. The van der Waals surface area contributed by atoms with Gasteiger partial charge in [-0.3, -0.25) is 0 Å². The first-order chi connectivity index (χ1) is 9.04. The molecule has 0 saturated heterocycles. The molecular formula is C13H13FN4S. The van der Waals surface area contributed by atoms with Crippen LogP contribution in [0.15, 0.2) is 17.5 Å². The second kappa shape index (κ2) is 4.31. The summed E-state index contributed by atoms with van der Waals surface area (Å²) in [6.45, 7) is 4.25. The van der Waals surface area contributed by atoms with Gasteiger partial charge in [-0.2, -0.15) is 0 Å². The maximum Gasteiger partial charge on any atom is 0.201 e. The van der Waals surface area contributed by atoms with Crippen LogP contribution in [0, 0.1) is 19.7 Å². The molecule has 4 nitrogen and oxygen atoms in total. The number of benzene rings is 1. The van der Waals surface area contributed by atoms with Crippen LogP contribution in [0.2, 0.25) is 0 Å². The lowest BCUT2D eigenvalue weighted by molar-refractivity contribution is 0.620. The van der Waals surface area contributed by atoms with E-state index < -0.39 is 0 Å². The Morgan fingerprint density at radius 2 is 2.11 bits per heavy atom. The number of rotatable bonds is 2. The topological polar surface area (TPSA) is 56.7 Å². The van der Waals surface area contributed by atoms with Gasteiger partial charge in [0.2, 0.25) is 5.95 Å². The Balaban J connectivity index is 2.12. The number of nitrogens with zero attached hydrogens (tertiary/aromatic N) is 3. The first-order valence-electron chi connectivity index (χ1n) is 5.87. The maximum atomic E-state index is 13.5. The van der Waals surface area contributed by atoms with Crippen LogP contribution in [0.3, 0.4) is 0 Å². The highest BCUT2D eigenvalue weighted by molar-refractivity contribution is 7.09. The first kappa shape index (κ1) is 12.1. The first-order valence-corrected chi connectivity index (χ1v) is 6.75. The molecule has 2 heterocycles. The van der Waals surface area contributed by atoms with Crippen molar-refractivity contribution in [3.05, 3.63) is 39.6 Å². The van der Waals surface area contributed by atoms with E-state index in [1.54, 1.807) is 24.3 Å². The summed E-state index contributed by atoms with van der Waals surface area (Å²) in [5.41, 5.74) is 8.85. The minimum Gasteiger partial charge on any atom is -0.369 e. The Kier molecular flexibility index (Phi) is 2.74. The van der Waals surface area contributed by atoms with Crippen molar-refractivity contribution in [3.63, 3.8) is 0 Å². The molecule has 6 heteroatoms. The summed E-state index contributed by atoms with van der Waals surface area (Å²) in [5.74, 6) is 0.118. The summed E-state index contributed by atoms with van der Waals surface area (Å²) in [4.78, 5) is 8.61. The third-order valence-corrected chi connectivity index (χ3v) is 3.87. The van der Waals surface area contributed by atoms with E-state index in [-0.39, 0.29) is 5.82 Å². The largest absolute Gasteiger partial charge is 0.369 e. The third kappa shape index (κ3) is 2.08. The molecule has 2 N–H and O–H groups in total. The van der Waals surface area contributed by atoms with E-state index in [1.807, 2.05) is 16.9 Å². The van der Waals surface area contributed by atoms with Crippen molar-refractivity contribution >= 4 is 28.3 Å². The molecular weight excluding hydrogens is 263 g/mol. The number of aryl methyl sites for hydroxylation is 2. The molecule has 0 spiro atoms. The molecule has 0 fully saturated rings. The van der Waals surface area contributed by atoms with E-state index in [2.05, 4.69) is 9.97 Å². The molecule has 0 saturated carbocycles. The van der Waals surface area contributed by atoms with Crippen molar-refractivity contribution in [3.8, 4) is 0 Å². The van der Waals surface area contributed by atoms with Gasteiger partial charge in [0.05, 0.1) is 28.3 Å². The lowest BCUT2D eigenvalue weighted by atomic mass is 10.2. The van der Waals surface area contributed by atoms with Gasteiger partial charge in [0.15, 0.2) is 0 Å². The number of imidazole rings is 1. The van der Waals surface area contributed by atoms with Crippen LogP contribution >= 0.6 is 11.3 Å². The summed E-state index contributed by atoms with van der Waals surface area (Å²) in [7, 11) is 0. The Morgan fingerprint density at radius 1 is 1.32 bits per heavy atom. The molecule has 0 aliphatic heterocycles. The highest BCUT2D eigenvalue weighted by atomic mass is 32.1. The van der Waals surface area contributed by atoms with Gasteiger partial charge in [0.25, 0.3) is 0 Å². The molecule has 98 valence electrons. The van der Waals surface area contributed by atoms with E-state index >= 15 is 0 Å². The Bertz CT molecular complexity index is 759. The van der Waals surface area contributed by atoms with Crippen LogP contribution in [-0.4, -0.2) is 14.5 Å². The summed E-state index contributed by atoms with van der Waals surface area (Å²) in [5, 5.41) is 3.01. The van der Waals surface area contributed by atoms with Gasteiger partial charge in [-0.1, -0.05) is 0 Å². The Hall–Kier alpha value is -1.95. The third-order valence-electron chi connectivity index (χ3n) is 3.04. The van der Waals surface area contributed by atoms with Crippen molar-refractivity contribution in [2.45, 2.75) is 20.4 Å². The zero-order chi connectivity index (χ0) is 13.6. The van der Waals surface area contributed by atoms with Gasteiger partial charge in [-0.15, -0.1) is 11.3 Å². The molecule has 0 atom stereocenters. The van der Waals surface area contributed by atoms with Crippen molar-refractivity contribution in [2.24, 2.45) is 0 Å². The molecule has 0 bridgehead atoms. The fourth-order valence-electron chi connectivity index (χ4n) is 2.08. The quantitative estimate of drug-likeness (QED) is 0.783. The number of hydrogen-bond donors (Lipinski definition) is 1. The molecule has 19 heavy (non-hydrogen) atoms. The molecule has 0 amide bonds. The van der Waals surface area contributed by atoms with Crippen LogP contribution in [0.1, 0.15) is 16.3 Å². The predicted octanol–water partition coefficient (Wildman–Crippen LogP) is 2.88. The van der Waals surface area contributed by atoms with Crippen LogP contribution in [0.25, 0.3) is 11.0 Å². The van der Waals surface area contributed by atoms with Gasteiger partial charge < -0.3 is 10.3 Å². The van der Waals surface area contributed by atoms with Gasteiger partial charge in [0.1, 0.15) is 5.82 Å². The molecule has 3 aromatic rings. The number of halogens is 1. The number of nitrogens with two attached hydrogens (primary N) is 1. The number of thiazole rings is 1. The number of nitrogen functional groups attached to an aromatic ring is 1. The average Bonchev–Trinajstić information content (AvgIpc) is 2.87. The molecule has 2 aromatic heterocycles. The average molecular weight is 276 g/mol. The maximum absolute atomic E-state index is 13.5. The molecule has 0 aliphatic rings. The smallest absolute Gasteiger partial charge is 0.201 e. The minimum atomic E-state index is -0.262. The van der Waals surface area contributed by atoms with Crippen molar-refractivity contribution in [2.75, 3.05) is 5.73 Å². The molecule has 3 rings (SSSR count). The lowest BCUT2D eigenvalue weighted by Crippen LogP contribution is -2.05. The highest BCUT2D eigenvalue weighted by Crippen LogP contribution is 2.23. The summed E-state index contributed by atoms with van der Waals surface area (Å²) < 4.78 is 15.4. The predicted molar refractivity (Wildman–Crippen MR) is 74.8 cm³/mol. The summed E-state index contributed by atoms with van der Waals surface area (Å²) in [6, 6.07) is 3.19. The second-order valence-corrected chi connectivity index (χ2v) is 5.57. The van der Waals surface area contributed by atoms with Gasteiger partial charge >= 0.3 is 0 Å². The summed E-state index contributed by atoms with van der Waals surface area (Å²) in [6.07, 6.45) is 0. The van der Waals surface area contributed by atoms with E-state index in [0.717, 1.165) is 16.2 Å².